The van der Waals surface area contributed by atoms with Gasteiger partial charge < -0.3 is 97.8 Å². The molecule has 17 bridgehead atoms. The van der Waals surface area contributed by atoms with Crippen LogP contribution in [0, 0.1) is 0 Å². The fraction of sp³-hybridized carbons (Fsp3) is 0.304. The Bertz CT molecular complexity index is 4900. The number of fused-ring (bicyclic) bond motifs is 14. The number of piperazine rings is 1. The van der Waals surface area contributed by atoms with E-state index in [4.69, 9.17) is 43.1 Å². The van der Waals surface area contributed by atoms with E-state index in [1.165, 1.54) is 84.4 Å². The van der Waals surface area contributed by atoms with Crippen LogP contribution in [0.4, 0.5) is 0 Å². The summed E-state index contributed by atoms with van der Waals surface area (Å²) in [5, 5.41) is 103. The smallest absolute Gasteiger partial charge is 0.248 e. The molecule has 7 unspecified atom stereocenters. The molecule has 15 rings (SSSR count). The number of benzene rings is 8. The number of unbranched alkanes of at least 4 members (excludes halogenated alkanes) is 1. The zero-order chi connectivity index (χ0) is 77.2. The number of nitrogens with zero attached hydrogens (tertiary/aromatic N) is 3. The van der Waals surface area contributed by atoms with Crippen molar-refractivity contribution in [3.63, 3.8) is 0 Å². The number of ether oxygens (including phenoxy) is 3. The van der Waals surface area contributed by atoms with Crippen LogP contribution in [0.3, 0.4) is 0 Å². The van der Waals surface area contributed by atoms with Gasteiger partial charge in [0.2, 0.25) is 47.1 Å². The number of aromatic hydroxyl groups is 6. The summed E-state index contributed by atoms with van der Waals surface area (Å²) in [4.78, 5) is 114. The van der Waals surface area contributed by atoms with Gasteiger partial charge in [0.05, 0.1) is 15.6 Å². The van der Waals surface area contributed by atoms with Crippen LogP contribution in [0.25, 0.3) is 11.1 Å². The fourth-order valence-corrected chi connectivity index (χ4v) is 14.4. The number of aryl methyl sites for hydroxylation is 1. The molecular weight excluding hydrogens is 1450 g/mol. The Kier molecular flexibility index (Phi) is 22.4. The monoisotopic (exact) mass is 1530 g/mol. The Labute approximate surface area is 635 Å². The minimum atomic E-state index is -2.17. The summed E-state index contributed by atoms with van der Waals surface area (Å²) in [7, 11) is 3.67. The van der Waals surface area contributed by atoms with Gasteiger partial charge in [0, 0.05) is 69.4 Å². The standard InChI is InChI=1S/C79H81Cl2N11O17/c1-4-5-7-39-8-10-40(11-9-39)37-91-22-24-92(25-23-91)38-51-57(96)36-50-63(71(51)98)49-30-43(14-16-55(49)94)65-76(103)89-69(79(106)88-68(50)75(102)83-20-6-21-90(2)3)70(97)44-15-19-59(53(81)31-44)109-62-34-46-33-61(72(62)99)108-58-18-12-41(26-52(58)80)27-54-73(100)85-66(77(104)87-67(46)78(105)86-65)45-28-47(93)35-48(29-45)107-60-32-42(13-17-56(60)95)64(82)74(101)84-54/h8-19,26,28-36,54,64-70,93-99H,4-7,20-25,27,37-38,82H2,1-3H3,(H,83,102)(H,84,101)(H,85,100)(H,86,105)(H,87,104)(H,88,106)(H,89,103)/t54?,64?,65?,66?,67?,68-,69?,70?/m1/s1. The maximum atomic E-state index is 16.2. The van der Waals surface area contributed by atoms with Gasteiger partial charge in [-0.3, -0.25) is 43.4 Å². The number of phenols is 6. The molecule has 0 saturated carbocycles. The number of amides is 7. The van der Waals surface area contributed by atoms with Crippen molar-refractivity contribution in [3.8, 4) is 80.1 Å². The number of nitrogens with two attached hydrogens (primary N) is 1. The van der Waals surface area contributed by atoms with Crippen molar-refractivity contribution in [1.29, 1.82) is 0 Å². The van der Waals surface area contributed by atoms with Gasteiger partial charge >= 0.3 is 0 Å². The summed E-state index contributed by atoms with van der Waals surface area (Å²) in [6.07, 6.45) is 1.14. The first-order valence-electron chi connectivity index (χ1n) is 35.5. The summed E-state index contributed by atoms with van der Waals surface area (Å²) in [6.45, 7) is 5.46. The van der Waals surface area contributed by atoms with Crippen LogP contribution in [0.2, 0.25) is 10.0 Å². The van der Waals surface area contributed by atoms with Crippen molar-refractivity contribution < 1.29 is 83.5 Å². The largest absolute Gasteiger partial charge is 0.508 e. The van der Waals surface area contributed by atoms with Gasteiger partial charge in [-0.1, -0.05) is 85.1 Å². The number of hydrogen-bond acceptors (Lipinski definition) is 21. The van der Waals surface area contributed by atoms with Crippen LogP contribution in [0.5, 0.6) is 69.0 Å². The summed E-state index contributed by atoms with van der Waals surface area (Å²) in [5.74, 6) is -13.2. The summed E-state index contributed by atoms with van der Waals surface area (Å²) in [6, 6.07) is 17.4. The number of aliphatic hydroxyl groups excluding tert-OH is 1. The molecule has 7 amide bonds. The van der Waals surface area contributed by atoms with Crippen molar-refractivity contribution in [2.75, 3.05) is 53.4 Å². The molecule has 7 heterocycles. The number of hydrogen-bond donors (Lipinski definition) is 15. The quantitative estimate of drug-likeness (QED) is 0.0523. The highest BCUT2D eigenvalue weighted by Gasteiger charge is 2.42. The average Bonchev–Trinajstić information content (AvgIpc) is 0.755. The Balaban J connectivity index is 0.964. The zero-order valence-corrected chi connectivity index (χ0v) is 60.9. The molecule has 7 aliphatic rings. The Morgan fingerprint density at radius 3 is 1.82 bits per heavy atom. The Morgan fingerprint density at radius 2 is 1.15 bits per heavy atom. The summed E-state index contributed by atoms with van der Waals surface area (Å²) < 4.78 is 18.8. The number of carbonyl (C=O) groups is 7. The minimum Gasteiger partial charge on any atom is -0.508 e. The van der Waals surface area contributed by atoms with E-state index in [-0.39, 0.29) is 103 Å². The van der Waals surface area contributed by atoms with Crippen molar-refractivity contribution in [2.45, 2.75) is 101 Å². The van der Waals surface area contributed by atoms with Gasteiger partial charge in [0.15, 0.2) is 23.0 Å². The molecule has 0 aromatic heterocycles. The normalized spacial score (nSPS) is 21.0. The maximum absolute atomic E-state index is 16.2. The molecule has 109 heavy (non-hydrogen) atoms. The molecule has 8 aromatic rings. The molecule has 568 valence electrons. The third kappa shape index (κ3) is 16.7. The van der Waals surface area contributed by atoms with Gasteiger partial charge in [-0.2, -0.15) is 0 Å². The molecule has 8 atom stereocenters. The number of phenolic OH excluding ortho intramolecular Hbond substituents is 6. The summed E-state index contributed by atoms with van der Waals surface area (Å²) >= 11 is 14.0. The first kappa shape index (κ1) is 75.8. The van der Waals surface area contributed by atoms with Crippen LogP contribution in [-0.2, 0) is 59.5 Å². The molecular formula is C79H81Cl2N11O17. The number of rotatable bonds is 12. The van der Waals surface area contributed by atoms with Gasteiger partial charge in [0.25, 0.3) is 0 Å². The molecule has 8 aromatic carbocycles. The Morgan fingerprint density at radius 1 is 0.550 bits per heavy atom. The first-order chi connectivity index (χ1) is 52.2. The highest BCUT2D eigenvalue weighted by molar-refractivity contribution is 6.32. The van der Waals surface area contributed by atoms with E-state index in [1.807, 2.05) is 23.9 Å². The molecule has 0 radical (unpaired) electrons. The molecule has 28 nitrogen and oxygen atoms in total. The zero-order valence-electron chi connectivity index (χ0n) is 59.4. The third-order valence-corrected chi connectivity index (χ3v) is 20.5. The highest BCUT2D eigenvalue weighted by atomic mass is 35.5. The topological polar surface area (TPSA) is 409 Å². The van der Waals surface area contributed by atoms with Crippen LogP contribution in [0.15, 0.2) is 133 Å². The lowest BCUT2D eigenvalue weighted by atomic mass is 9.87. The average molecular weight is 1530 g/mol. The van der Waals surface area contributed by atoms with Gasteiger partial charge in [-0.25, -0.2) is 0 Å². The van der Waals surface area contributed by atoms with Crippen molar-refractivity contribution in [3.05, 3.63) is 199 Å². The van der Waals surface area contributed by atoms with E-state index in [9.17, 15) is 40.5 Å². The Hall–Kier alpha value is -11.4. The van der Waals surface area contributed by atoms with E-state index < -0.39 is 136 Å². The maximum Gasteiger partial charge on any atom is 0.248 e. The highest BCUT2D eigenvalue weighted by Crippen LogP contribution is 2.50. The molecule has 1 saturated heterocycles. The predicted octanol–water partition coefficient (Wildman–Crippen LogP) is 7.63. The molecule has 30 heteroatoms. The van der Waals surface area contributed by atoms with E-state index in [0.29, 0.717) is 51.3 Å². The van der Waals surface area contributed by atoms with Crippen LogP contribution >= 0.6 is 23.2 Å². The van der Waals surface area contributed by atoms with E-state index in [2.05, 4.69) is 73.3 Å². The van der Waals surface area contributed by atoms with Crippen molar-refractivity contribution >= 4 is 64.6 Å². The van der Waals surface area contributed by atoms with Crippen molar-refractivity contribution in [1.82, 2.24) is 51.9 Å². The van der Waals surface area contributed by atoms with E-state index in [1.54, 1.807) is 0 Å². The summed E-state index contributed by atoms with van der Waals surface area (Å²) in [5.41, 5.74) is 7.56. The predicted molar refractivity (Wildman–Crippen MR) is 399 cm³/mol. The third-order valence-electron chi connectivity index (χ3n) is 19.9. The van der Waals surface area contributed by atoms with Crippen LogP contribution in [-0.4, -0.2) is 157 Å². The van der Waals surface area contributed by atoms with Crippen LogP contribution < -0.4 is 57.2 Å². The molecule has 7 aliphatic heterocycles. The van der Waals surface area contributed by atoms with E-state index >= 15 is 28.8 Å². The van der Waals surface area contributed by atoms with Gasteiger partial charge in [-0.15, -0.1) is 0 Å². The van der Waals surface area contributed by atoms with Gasteiger partial charge in [0.1, 0.15) is 88.6 Å². The number of aliphatic hydroxyl groups is 1. The minimum absolute atomic E-state index is 0.0420. The second kappa shape index (κ2) is 32.2. The molecule has 0 spiro atoms. The van der Waals surface area contributed by atoms with Gasteiger partial charge in [-0.05, 0) is 169 Å². The van der Waals surface area contributed by atoms with Crippen LogP contribution in [0.1, 0.15) is 118 Å². The second-order valence-electron chi connectivity index (χ2n) is 27.9. The van der Waals surface area contributed by atoms with Crippen molar-refractivity contribution in [2.24, 2.45) is 5.73 Å². The second-order valence-corrected chi connectivity index (χ2v) is 28.8. The number of halogens is 2. The number of carbonyl (C=O) groups excluding carboxylic acids is 7. The lowest BCUT2D eigenvalue weighted by molar-refractivity contribution is -0.137. The lowest BCUT2D eigenvalue weighted by Gasteiger charge is -2.35. The first-order valence-corrected chi connectivity index (χ1v) is 36.3. The SMILES string of the molecule is CCCCc1ccc(CN2CCN(Cc3c(O)cc4c(c3O)-c3cc(ccc3O)C3NC(=O)C5NC(=O)C6NC(=O)C(Cc7ccc(c(Cl)c7)Oc7cc5cc(c7O)Oc5ccc(cc5Cl)C(O)C(NC3=O)C(=O)N[C@H]4C(=O)NCCCN(C)C)NC(=O)C(N)c3ccc(O)c(c3)Oc3cc(O)cc6c3)CC2)cc1. The number of nitrogens with one attached hydrogen (secondary N) is 7. The molecule has 16 N–H and O–H groups in total. The molecule has 0 aliphatic carbocycles. The molecule has 1 fully saturated rings. The lowest BCUT2D eigenvalue weighted by Crippen LogP contribution is -2.56. The fourth-order valence-electron chi connectivity index (χ4n) is 14.0. The van der Waals surface area contributed by atoms with E-state index in [0.717, 1.165) is 55.2 Å².